The van der Waals surface area contributed by atoms with E-state index in [9.17, 15) is 19.2 Å². The highest BCUT2D eigenvalue weighted by molar-refractivity contribution is 6.28. The number of hydrogen-bond acceptors (Lipinski definition) is 4. The summed E-state index contributed by atoms with van der Waals surface area (Å²) in [4.78, 5) is 51.5. The molecule has 1 aliphatic rings. The molecule has 0 aromatic carbocycles. The topological polar surface area (TPSA) is 89.0 Å². The van der Waals surface area contributed by atoms with Gasteiger partial charge in [-0.3, -0.25) is 23.7 Å². The lowest BCUT2D eigenvalue weighted by atomic mass is 9.85. The summed E-state index contributed by atoms with van der Waals surface area (Å²) in [5.74, 6) is -0.947. The number of hydrogen-bond donors (Lipinski definition) is 1. The van der Waals surface area contributed by atoms with E-state index in [0.717, 1.165) is 4.57 Å². The molecule has 2 aromatic rings. The van der Waals surface area contributed by atoms with Crippen LogP contribution in [-0.2, 0) is 0 Å². The molecule has 3 rings (SSSR count). The number of aromatic nitrogens is 2. The Morgan fingerprint density at radius 1 is 1.00 bits per heavy atom. The normalized spacial score (nSPS) is 12.8. The Morgan fingerprint density at radius 2 is 1.64 bits per heavy atom. The van der Waals surface area contributed by atoms with Gasteiger partial charge in [0.25, 0.3) is 5.56 Å². The largest absolute Gasteiger partial charge is 0.318 e. The van der Waals surface area contributed by atoms with E-state index in [0.29, 0.717) is 11.1 Å². The van der Waals surface area contributed by atoms with Crippen LogP contribution in [0.25, 0.3) is 6.20 Å². The van der Waals surface area contributed by atoms with Gasteiger partial charge in [0.05, 0.1) is 11.1 Å². The van der Waals surface area contributed by atoms with E-state index in [4.69, 9.17) is 0 Å². The van der Waals surface area contributed by atoms with Crippen molar-refractivity contribution >= 4 is 17.8 Å². The fourth-order valence-electron chi connectivity index (χ4n) is 2.83. The van der Waals surface area contributed by atoms with Gasteiger partial charge in [0, 0.05) is 18.3 Å². The maximum Gasteiger partial charge on any atom is 0.255 e. The highest BCUT2D eigenvalue weighted by Crippen LogP contribution is 2.28. The van der Waals surface area contributed by atoms with E-state index >= 15 is 0 Å². The number of nitrogens with zero attached hydrogens (tertiary/aromatic N) is 1. The fraction of sp³-hybridized carbons (Fsp3) is 0.125. The lowest BCUT2D eigenvalue weighted by Gasteiger charge is -2.22. The van der Waals surface area contributed by atoms with Crippen LogP contribution in [0.3, 0.4) is 0 Å². The summed E-state index contributed by atoms with van der Waals surface area (Å²) in [6.07, 6.45) is 1.19. The first kappa shape index (κ1) is 13.9. The van der Waals surface area contributed by atoms with Crippen molar-refractivity contribution in [2.75, 3.05) is 0 Å². The Kier molecular flexibility index (Phi) is 2.84. The van der Waals surface area contributed by atoms with Crippen LogP contribution < -0.4 is 11.1 Å². The molecule has 6 heteroatoms. The monoisotopic (exact) mass is 296 g/mol. The van der Waals surface area contributed by atoms with E-state index < -0.39 is 16.9 Å². The molecule has 22 heavy (non-hydrogen) atoms. The minimum Gasteiger partial charge on any atom is -0.318 e. The molecule has 2 aromatic heterocycles. The molecule has 0 atom stereocenters. The van der Waals surface area contributed by atoms with Gasteiger partial charge in [-0.1, -0.05) is 6.58 Å². The van der Waals surface area contributed by atoms with E-state index in [2.05, 4.69) is 11.6 Å². The van der Waals surface area contributed by atoms with E-state index in [-0.39, 0.29) is 28.3 Å². The highest BCUT2D eigenvalue weighted by atomic mass is 16.2. The molecule has 0 unspecified atom stereocenters. The average molecular weight is 296 g/mol. The Hall–Kier alpha value is -3.02. The van der Waals surface area contributed by atoms with Crippen molar-refractivity contribution in [3.05, 3.63) is 73.1 Å². The zero-order chi connectivity index (χ0) is 16.2. The van der Waals surface area contributed by atoms with Crippen molar-refractivity contribution in [3.63, 3.8) is 0 Å². The fourth-order valence-corrected chi connectivity index (χ4v) is 2.83. The second kappa shape index (κ2) is 4.49. The van der Waals surface area contributed by atoms with Gasteiger partial charge in [-0.15, -0.1) is 0 Å². The molecule has 6 nitrogen and oxygen atoms in total. The lowest BCUT2D eigenvalue weighted by Crippen LogP contribution is -2.34. The van der Waals surface area contributed by atoms with Crippen molar-refractivity contribution in [2.24, 2.45) is 0 Å². The van der Waals surface area contributed by atoms with E-state index in [1.54, 1.807) is 13.8 Å². The summed E-state index contributed by atoms with van der Waals surface area (Å²) in [7, 11) is 0. The molecule has 110 valence electrons. The second-order valence-corrected chi connectivity index (χ2v) is 5.17. The number of H-pyrrole nitrogens is 1. The summed E-state index contributed by atoms with van der Waals surface area (Å²) in [6, 6.07) is 2.56. The highest BCUT2D eigenvalue weighted by Gasteiger charge is 2.35. The summed E-state index contributed by atoms with van der Waals surface area (Å²) in [5, 5.41) is 0. The van der Waals surface area contributed by atoms with Crippen LogP contribution in [0.4, 0.5) is 0 Å². The number of aryl methyl sites for hydroxylation is 2. The predicted octanol–water partition coefficient (Wildman–Crippen LogP) is 1.03. The number of fused-ring (bicyclic) bond motifs is 2. The first-order valence-electron chi connectivity index (χ1n) is 6.58. The molecule has 0 amide bonds. The molecule has 2 heterocycles. The van der Waals surface area contributed by atoms with Gasteiger partial charge >= 0.3 is 0 Å². The van der Waals surface area contributed by atoms with Crippen LogP contribution in [-0.4, -0.2) is 21.1 Å². The van der Waals surface area contributed by atoms with Crippen LogP contribution in [0.2, 0.25) is 0 Å². The number of pyridine rings is 2. The van der Waals surface area contributed by atoms with Crippen molar-refractivity contribution in [1.82, 2.24) is 9.55 Å². The van der Waals surface area contributed by atoms with Crippen molar-refractivity contribution in [3.8, 4) is 0 Å². The molecule has 0 bridgehead atoms. The number of aromatic amines is 1. The molecular weight excluding hydrogens is 284 g/mol. The van der Waals surface area contributed by atoms with Gasteiger partial charge in [-0.25, -0.2) is 0 Å². The summed E-state index contributed by atoms with van der Waals surface area (Å²) < 4.78 is 1.03. The standard InChI is InChI=1S/C16H12N2O4/c1-4-18-10(20)6-8(3)12-14(18)16(22)13-11(15(12)21)7(2)5-9(19)17-13/h4-6H,1H2,2-3H3,(H,17,19). The third-order valence-corrected chi connectivity index (χ3v) is 3.77. The third kappa shape index (κ3) is 1.67. The molecule has 0 saturated carbocycles. The lowest BCUT2D eigenvalue weighted by molar-refractivity contribution is 0.0968. The maximum atomic E-state index is 12.8. The third-order valence-electron chi connectivity index (χ3n) is 3.77. The molecule has 0 spiro atoms. The average Bonchev–Trinajstić information content (AvgIpc) is 2.43. The van der Waals surface area contributed by atoms with Crippen LogP contribution >= 0.6 is 0 Å². The van der Waals surface area contributed by atoms with Crippen molar-refractivity contribution in [2.45, 2.75) is 13.8 Å². The summed E-state index contributed by atoms with van der Waals surface area (Å²) >= 11 is 0. The molecule has 0 aliphatic heterocycles. The van der Waals surface area contributed by atoms with Crippen LogP contribution in [0.5, 0.6) is 0 Å². The first-order valence-corrected chi connectivity index (χ1v) is 6.58. The Labute approximate surface area is 124 Å². The minimum atomic E-state index is -0.564. The van der Waals surface area contributed by atoms with E-state index in [1.807, 2.05) is 0 Å². The first-order chi connectivity index (χ1) is 10.4. The molecule has 1 aliphatic carbocycles. The number of ketones is 2. The smallest absolute Gasteiger partial charge is 0.255 e. The molecule has 0 saturated heterocycles. The predicted molar refractivity (Wildman–Crippen MR) is 80.5 cm³/mol. The zero-order valence-electron chi connectivity index (χ0n) is 12.0. The summed E-state index contributed by atoms with van der Waals surface area (Å²) in [5.41, 5.74) is 0.140. The van der Waals surface area contributed by atoms with Crippen molar-refractivity contribution < 1.29 is 9.59 Å². The van der Waals surface area contributed by atoms with Crippen LogP contribution in [0, 0.1) is 13.8 Å². The summed E-state index contributed by atoms with van der Waals surface area (Å²) in [6.45, 7) is 6.71. The van der Waals surface area contributed by atoms with Gasteiger partial charge in [0.15, 0.2) is 5.78 Å². The Morgan fingerprint density at radius 3 is 2.27 bits per heavy atom. The Balaban J connectivity index is 2.52. The Bertz CT molecular complexity index is 992. The second-order valence-electron chi connectivity index (χ2n) is 5.17. The number of nitrogens with one attached hydrogen (secondary N) is 1. The molecule has 0 fully saturated rings. The maximum absolute atomic E-state index is 12.8. The molecule has 1 N–H and O–H groups in total. The van der Waals surface area contributed by atoms with Crippen LogP contribution in [0.15, 0.2) is 28.3 Å². The zero-order valence-corrected chi connectivity index (χ0v) is 12.0. The molecular formula is C16H12N2O4. The van der Waals surface area contributed by atoms with Gasteiger partial charge < -0.3 is 4.98 Å². The van der Waals surface area contributed by atoms with Gasteiger partial charge in [-0.05, 0) is 25.0 Å². The quantitative estimate of drug-likeness (QED) is 0.726. The number of carbonyl (C=O) groups is 2. The minimum absolute atomic E-state index is 0.0567. The SMILES string of the molecule is C=Cn1c2c(c(C)cc1=O)C(=O)c1c(C)cc(=O)[nH]c1C2=O. The van der Waals surface area contributed by atoms with Crippen molar-refractivity contribution in [1.29, 1.82) is 0 Å². The van der Waals surface area contributed by atoms with E-state index in [1.165, 1.54) is 18.3 Å². The van der Waals surface area contributed by atoms with Crippen LogP contribution in [0.1, 0.15) is 43.2 Å². The van der Waals surface area contributed by atoms with Gasteiger partial charge in [0.2, 0.25) is 11.3 Å². The molecule has 0 radical (unpaired) electrons. The van der Waals surface area contributed by atoms with Gasteiger partial charge in [-0.2, -0.15) is 0 Å². The van der Waals surface area contributed by atoms with Gasteiger partial charge in [0.1, 0.15) is 11.4 Å². The number of carbonyl (C=O) groups excluding carboxylic acids is 2. The number of rotatable bonds is 1.